The SMILES string of the molecule is CC(CN)N(C)Cc1nccn1-c1ccccc1. The molecule has 0 fully saturated rings. The number of benzene rings is 1. The van der Waals surface area contributed by atoms with Crippen molar-refractivity contribution in [1.29, 1.82) is 0 Å². The Morgan fingerprint density at radius 1 is 1.33 bits per heavy atom. The van der Waals surface area contributed by atoms with E-state index in [-0.39, 0.29) is 0 Å². The van der Waals surface area contributed by atoms with Gasteiger partial charge in [-0.1, -0.05) is 18.2 Å². The lowest BCUT2D eigenvalue weighted by molar-refractivity contribution is 0.247. The monoisotopic (exact) mass is 244 g/mol. The molecular weight excluding hydrogens is 224 g/mol. The zero-order valence-electron chi connectivity index (χ0n) is 11.0. The molecule has 4 heteroatoms. The second-order valence-corrected chi connectivity index (χ2v) is 4.55. The highest BCUT2D eigenvalue weighted by atomic mass is 15.2. The van der Waals surface area contributed by atoms with Crippen LogP contribution in [-0.2, 0) is 6.54 Å². The van der Waals surface area contributed by atoms with Crippen molar-refractivity contribution in [2.45, 2.75) is 19.5 Å². The van der Waals surface area contributed by atoms with Crippen LogP contribution in [0, 0.1) is 0 Å². The van der Waals surface area contributed by atoms with Crippen molar-refractivity contribution in [1.82, 2.24) is 14.5 Å². The molecule has 96 valence electrons. The molecule has 0 bridgehead atoms. The predicted octanol–water partition coefficient (Wildman–Crippen LogP) is 1.65. The van der Waals surface area contributed by atoms with E-state index in [0.29, 0.717) is 12.6 Å². The molecule has 1 heterocycles. The van der Waals surface area contributed by atoms with Crippen molar-refractivity contribution in [3.05, 3.63) is 48.5 Å². The highest BCUT2D eigenvalue weighted by molar-refractivity contribution is 5.32. The van der Waals surface area contributed by atoms with Crippen molar-refractivity contribution >= 4 is 0 Å². The first kappa shape index (κ1) is 12.8. The molecule has 1 atom stereocenters. The highest BCUT2D eigenvalue weighted by Gasteiger charge is 2.11. The second-order valence-electron chi connectivity index (χ2n) is 4.55. The van der Waals surface area contributed by atoms with E-state index in [9.17, 15) is 0 Å². The molecule has 2 rings (SSSR count). The van der Waals surface area contributed by atoms with E-state index >= 15 is 0 Å². The minimum atomic E-state index is 0.353. The van der Waals surface area contributed by atoms with Gasteiger partial charge < -0.3 is 10.3 Å². The van der Waals surface area contributed by atoms with Gasteiger partial charge in [-0.05, 0) is 26.1 Å². The van der Waals surface area contributed by atoms with Crippen molar-refractivity contribution in [3.8, 4) is 5.69 Å². The smallest absolute Gasteiger partial charge is 0.127 e. The lowest BCUT2D eigenvalue weighted by Crippen LogP contribution is -2.35. The van der Waals surface area contributed by atoms with Gasteiger partial charge in [0.1, 0.15) is 5.82 Å². The summed E-state index contributed by atoms with van der Waals surface area (Å²) < 4.78 is 2.11. The summed E-state index contributed by atoms with van der Waals surface area (Å²) in [4.78, 5) is 6.64. The lowest BCUT2D eigenvalue weighted by atomic mass is 10.3. The van der Waals surface area contributed by atoms with E-state index in [1.54, 1.807) is 0 Å². The fourth-order valence-electron chi connectivity index (χ4n) is 1.83. The van der Waals surface area contributed by atoms with Gasteiger partial charge in [-0.2, -0.15) is 0 Å². The summed E-state index contributed by atoms with van der Waals surface area (Å²) in [5, 5.41) is 0. The van der Waals surface area contributed by atoms with E-state index in [1.807, 2.05) is 30.6 Å². The van der Waals surface area contributed by atoms with Gasteiger partial charge in [0.15, 0.2) is 0 Å². The van der Waals surface area contributed by atoms with Gasteiger partial charge in [-0.3, -0.25) is 4.90 Å². The van der Waals surface area contributed by atoms with Crippen LogP contribution in [-0.4, -0.2) is 34.1 Å². The van der Waals surface area contributed by atoms with Crippen LogP contribution >= 0.6 is 0 Å². The highest BCUT2D eigenvalue weighted by Crippen LogP contribution is 2.12. The summed E-state index contributed by atoms with van der Waals surface area (Å²) in [7, 11) is 2.07. The van der Waals surface area contributed by atoms with E-state index in [1.165, 1.54) is 0 Å². The number of nitrogens with two attached hydrogens (primary N) is 1. The summed E-state index contributed by atoms with van der Waals surface area (Å²) in [5.74, 6) is 1.03. The maximum Gasteiger partial charge on any atom is 0.127 e. The Morgan fingerprint density at radius 2 is 2.06 bits per heavy atom. The predicted molar refractivity (Wildman–Crippen MR) is 73.5 cm³/mol. The molecule has 0 spiro atoms. The van der Waals surface area contributed by atoms with Crippen LogP contribution in [0.25, 0.3) is 5.69 Å². The topological polar surface area (TPSA) is 47.1 Å². The maximum atomic E-state index is 5.68. The third-order valence-electron chi connectivity index (χ3n) is 3.24. The van der Waals surface area contributed by atoms with Crippen molar-refractivity contribution in [2.24, 2.45) is 5.73 Å². The maximum absolute atomic E-state index is 5.68. The number of hydrogen-bond donors (Lipinski definition) is 1. The van der Waals surface area contributed by atoms with Gasteiger partial charge in [-0.25, -0.2) is 4.98 Å². The van der Waals surface area contributed by atoms with Crippen LogP contribution in [0.1, 0.15) is 12.7 Å². The van der Waals surface area contributed by atoms with Crippen LogP contribution in [0.5, 0.6) is 0 Å². The average molecular weight is 244 g/mol. The first-order valence-corrected chi connectivity index (χ1v) is 6.20. The standard InChI is InChI=1S/C14H20N4/c1-12(10-15)17(2)11-14-16-8-9-18(14)13-6-4-3-5-7-13/h3-9,12H,10-11,15H2,1-2H3. The number of likely N-dealkylation sites (N-methyl/N-ethyl adjacent to an activating group) is 1. The minimum Gasteiger partial charge on any atom is -0.329 e. The van der Waals surface area contributed by atoms with Gasteiger partial charge in [-0.15, -0.1) is 0 Å². The summed E-state index contributed by atoms with van der Waals surface area (Å²) in [6.45, 7) is 3.57. The molecule has 0 saturated carbocycles. The molecule has 1 unspecified atom stereocenters. The Kier molecular flexibility index (Phi) is 4.12. The normalized spacial score (nSPS) is 12.9. The van der Waals surface area contributed by atoms with Gasteiger partial charge in [0.2, 0.25) is 0 Å². The molecule has 18 heavy (non-hydrogen) atoms. The number of para-hydroxylation sites is 1. The van der Waals surface area contributed by atoms with Crippen molar-refractivity contribution < 1.29 is 0 Å². The molecule has 0 radical (unpaired) electrons. The van der Waals surface area contributed by atoms with E-state index in [4.69, 9.17) is 5.73 Å². The van der Waals surface area contributed by atoms with Crippen LogP contribution in [0.4, 0.5) is 0 Å². The third kappa shape index (κ3) is 2.78. The van der Waals surface area contributed by atoms with Crippen LogP contribution in [0.15, 0.2) is 42.7 Å². The zero-order valence-corrected chi connectivity index (χ0v) is 11.0. The molecule has 4 nitrogen and oxygen atoms in total. The van der Waals surface area contributed by atoms with Gasteiger partial charge in [0, 0.05) is 30.7 Å². The zero-order chi connectivity index (χ0) is 13.0. The molecular formula is C14H20N4. The van der Waals surface area contributed by atoms with E-state index in [2.05, 4.69) is 40.6 Å². The Balaban J connectivity index is 2.19. The van der Waals surface area contributed by atoms with Gasteiger partial charge >= 0.3 is 0 Å². The van der Waals surface area contributed by atoms with Gasteiger partial charge in [0.05, 0.1) is 6.54 Å². The summed E-state index contributed by atoms with van der Waals surface area (Å²) in [5.41, 5.74) is 6.82. The minimum absolute atomic E-state index is 0.353. The van der Waals surface area contributed by atoms with E-state index < -0.39 is 0 Å². The summed E-state index contributed by atoms with van der Waals surface area (Å²) in [6.07, 6.45) is 3.83. The Morgan fingerprint density at radius 3 is 2.72 bits per heavy atom. The van der Waals surface area contributed by atoms with Crippen LogP contribution < -0.4 is 5.73 Å². The van der Waals surface area contributed by atoms with E-state index in [0.717, 1.165) is 18.1 Å². The van der Waals surface area contributed by atoms with Gasteiger partial charge in [0.25, 0.3) is 0 Å². The number of imidazole rings is 1. The number of nitrogens with zero attached hydrogens (tertiary/aromatic N) is 3. The lowest BCUT2D eigenvalue weighted by Gasteiger charge is -2.23. The van der Waals surface area contributed by atoms with Crippen LogP contribution in [0.2, 0.25) is 0 Å². The Labute approximate surface area is 108 Å². The molecule has 1 aromatic carbocycles. The number of aromatic nitrogens is 2. The van der Waals surface area contributed by atoms with Crippen LogP contribution in [0.3, 0.4) is 0 Å². The molecule has 2 N–H and O–H groups in total. The summed E-state index contributed by atoms with van der Waals surface area (Å²) in [6, 6.07) is 10.6. The Hall–Kier alpha value is -1.65. The molecule has 1 aromatic heterocycles. The molecule has 0 amide bonds. The largest absolute Gasteiger partial charge is 0.329 e. The number of rotatable bonds is 5. The summed E-state index contributed by atoms with van der Waals surface area (Å²) >= 11 is 0. The average Bonchev–Trinajstić information content (AvgIpc) is 2.86. The van der Waals surface area contributed by atoms with Crippen molar-refractivity contribution in [3.63, 3.8) is 0 Å². The number of hydrogen-bond acceptors (Lipinski definition) is 3. The molecule has 0 saturated heterocycles. The fourth-order valence-corrected chi connectivity index (χ4v) is 1.83. The molecule has 0 aliphatic heterocycles. The third-order valence-corrected chi connectivity index (χ3v) is 3.24. The Bertz CT molecular complexity index is 478. The quantitative estimate of drug-likeness (QED) is 0.870. The molecule has 0 aliphatic rings. The molecule has 0 aliphatic carbocycles. The molecule has 2 aromatic rings. The first-order chi connectivity index (χ1) is 8.72. The first-order valence-electron chi connectivity index (χ1n) is 6.20. The fraction of sp³-hybridized carbons (Fsp3) is 0.357. The second kappa shape index (κ2) is 5.80. The van der Waals surface area contributed by atoms with Crippen molar-refractivity contribution in [2.75, 3.05) is 13.6 Å².